The SMILES string of the molecule is CN1C(=O)C(O)C(c2ccccc2)[C@@H]1C(O)c1ccccc1. The summed E-state index contributed by atoms with van der Waals surface area (Å²) < 4.78 is 0. The molecule has 22 heavy (non-hydrogen) atoms. The van der Waals surface area contributed by atoms with Gasteiger partial charge in [-0.3, -0.25) is 4.79 Å². The number of hydrogen-bond acceptors (Lipinski definition) is 3. The Kier molecular flexibility index (Phi) is 3.96. The molecule has 2 N–H and O–H groups in total. The summed E-state index contributed by atoms with van der Waals surface area (Å²) in [4.78, 5) is 13.7. The average molecular weight is 297 g/mol. The van der Waals surface area contributed by atoms with Gasteiger partial charge in [0.1, 0.15) is 12.2 Å². The van der Waals surface area contributed by atoms with Crippen LogP contribution in [0.25, 0.3) is 0 Å². The minimum atomic E-state index is -1.13. The van der Waals surface area contributed by atoms with Crippen molar-refractivity contribution in [2.24, 2.45) is 0 Å². The van der Waals surface area contributed by atoms with E-state index in [4.69, 9.17) is 0 Å². The predicted octanol–water partition coefficient (Wildman–Crippen LogP) is 1.71. The molecule has 0 aromatic heterocycles. The fourth-order valence-corrected chi connectivity index (χ4v) is 3.25. The van der Waals surface area contributed by atoms with Gasteiger partial charge in [0.25, 0.3) is 5.91 Å². The highest BCUT2D eigenvalue weighted by Gasteiger charge is 2.49. The van der Waals surface area contributed by atoms with Crippen LogP contribution in [0.5, 0.6) is 0 Å². The van der Waals surface area contributed by atoms with E-state index in [2.05, 4.69) is 0 Å². The topological polar surface area (TPSA) is 60.8 Å². The lowest BCUT2D eigenvalue weighted by Crippen LogP contribution is -2.36. The van der Waals surface area contributed by atoms with Crippen LogP contribution in [-0.2, 0) is 4.79 Å². The molecule has 1 saturated heterocycles. The number of rotatable bonds is 3. The van der Waals surface area contributed by atoms with E-state index < -0.39 is 24.2 Å². The van der Waals surface area contributed by atoms with E-state index in [9.17, 15) is 15.0 Å². The van der Waals surface area contributed by atoms with Crippen molar-refractivity contribution >= 4 is 5.91 Å². The number of hydrogen-bond donors (Lipinski definition) is 2. The summed E-state index contributed by atoms with van der Waals surface area (Å²) in [5, 5.41) is 21.1. The van der Waals surface area contributed by atoms with Crippen LogP contribution in [0.1, 0.15) is 23.1 Å². The molecule has 4 nitrogen and oxygen atoms in total. The summed E-state index contributed by atoms with van der Waals surface area (Å²) in [5.74, 6) is -0.803. The van der Waals surface area contributed by atoms with Gasteiger partial charge in [-0.25, -0.2) is 0 Å². The molecule has 3 rings (SSSR count). The van der Waals surface area contributed by atoms with Crippen LogP contribution in [-0.4, -0.2) is 40.2 Å². The molecule has 0 bridgehead atoms. The van der Waals surface area contributed by atoms with Gasteiger partial charge in [-0.2, -0.15) is 0 Å². The molecule has 0 aliphatic carbocycles. The van der Waals surface area contributed by atoms with Crippen LogP contribution < -0.4 is 0 Å². The minimum absolute atomic E-state index is 0.353. The molecular weight excluding hydrogens is 278 g/mol. The Morgan fingerprint density at radius 2 is 1.55 bits per heavy atom. The quantitative estimate of drug-likeness (QED) is 0.906. The molecule has 1 amide bonds. The van der Waals surface area contributed by atoms with Crippen LogP contribution in [0.3, 0.4) is 0 Å². The Bertz CT molecular complexity index is 644. The van der Waals surface area contributed by atoms with E-state index in [1.807, 2.05) is 60.7 Å². The first kappa shape index (κ1) is 14.8. The molecule has 2 aromatic rings. The Labute approximate surface area is 129 Å². The van der Waals surface area contributed by atoms with Crippen molar-refractivity contribution < 1.29 is 15.0 Å². The summed E-state index contributed by atoms with van der Waals surface area (Å²) in [6.07, 6.45) is -1.98. The molecule has 0 saturated carbocycles. The summed E-state index contributed by atoms with van der Waals surface area (Å²) in [6.45, 7) is 0. The Hall–Kier alpha value is -2.17. The fraction of sp³-hybridized carbons (Fsp3) is 0.278. The van der Waals surface area contributed by atoms with Gasteiger partial charge in [-0.05, 0) is 11.1 Å². The second kappa shape index (κ2) is 5.91. The number of nitrogens with zero attached hydrogens (tertiary/aromatic N) is 1. The lowest BCUT2D eigenvalue weighted by molar-refractivity contribution is -0.135. The highest BCUT2D eigenvalue weighted by atomic mass is 16.3. The third-order valence-electron chi connectivity index (χ3n) is 4.41. The standard InChI is InChI=1S/C18H19NO3/c1-19-15(16(20)13-10-6-3-7-11-13)14(17(21)18(19)22)12-8-4-2-5-9-12/h2-11,14-17,20-21H,1H3/t14?,15-,16?,17?/m1/s1. The molecular formula is C18H19NO3. The summed E-state index contributed by atoms with van der Waals surface area (Å²) in [6, 6.07) is 18.1. The van der Waals surface area contributed by atoms with E-state index in [1.54, 1.807) is 7.05 Å². The molecule has 3 unspecified atom stereocenters. The molecule has 1 fully saturated rings. The van der Waals surface area contributed by atoms with Gasteiger partial charge in [0.05, 0.1) is 6.04 Å². The van der Waals surface area contributed by atoms with E-state index in [1.165, 1.54) is 4.90 Å². The summed E-state index contributed by atoms with van der Waals surface area (Å²) in [7, 11) is 1.63. The van der Waals surface area contributed by atoms with E-state index in [0.29, 0.717) is 0 Å². The smallest absolute Gasteiger partial charge is 0.252 e. The first-order chi connectivity index (χ1) is 10.6. The van der Waals surface area contributed by atoms with Crippen molar-refractivity contribution in [3.05, 3.63) is 71.8 Å². The van der Waals surface area contributed by atoms with Crippen molar-refractivity contribution in [1.29, 1.82) is 0 Å². The number of likely N-dealkylation sites (tertiary alicyclic amines) is 1. The van der Waals surface area contributed by atoms with Gasteiger partial charge < -0.3 is 15.1 Å². The zero-order chi connectivity index (χ0) is 15.7. The molecule has 1 aliphatic rings. The summed E-state index contributed by atoms with van der Waals surface area (Å²) >= 11 is 0. The maximum atomic E-state index is 12.2. The maximum absolute atomic E-state index is 12.2. The third-order valence-corrected chi connectivity index (χ3v) is 4.41. The largest absolute Gasteiger partial charge is 0.386 e. The van der Waals surface area contributed by atoms with Gasteiger partial charge in [0.15, 0.2) is 0 Å². The number of amides is 1. The van der Waals surface area contributed by atoms with Crippen LogP contribution in [0, 0.1) is 0 Å². The van der Waals surface area contributed by atoms with Crippen LogP contribution in [0.4, 0.5) is 0 Å². The molecule has 114 valence electrons. The zero-order valence-corrected chi connectivity index (χ0v) is 12.3. The number of aliphatic hydroxyl groups excluding tert-OH is 2. The molecule has 1 heterocycles. The van der Waals surface area contributed by atoms with Crippen molar-refractivity contribution in [2.75, 3.05) is 7.05 Å². The first-order valence-electron chi connectivity index (χ1n) is 7.34. The lowest BCUT2D eigenvalue weighted by atomic mass is 9.85. The summed E-state index contributed by atoms with van der Waals surface area (Å²) in [5.41, 5.74) is 1.59. The van der Waals surface area contributed by atoms with Gasteiger partial charge in [0.2, 0.25) is 0 Å². The van der Waals surface area contributed by atoms with Crippen molar-refractivity contribution in [3.8, 4) is 0 Å². The number of benzene rings is 2. The van der Waals surface area contributed by atoms with E-state index in [0.717, 1.165) is 11.1 Å². The average Bonchev–Trinajstić information content (AvgIpc) is 2.80. The van der Waals surface area contributed by atoms with Gasteiger partial charge >= 0.3 is 0 Å². The monoisotopic (exact) mass is 297 g/mol. The van der Waals surface area contributed by atoms with Gasteiger partial charge in [0, 0.05) is 13.0 Å². The van der Waals surface area contributed by atoms with Crippen LogP contribution in [0.2, 0.25) is 0 Å². The highest BCUT2D eigenvalue weighted by Crippen LogP contribution is 2.40. The maximum Gasteiger partial charge on any atom is 0.252 e. The van der Waals surface area contributed by atoms with Crippen LogP contribution in [0.15, 0.2) is 60.7 Å². The first-order valence-corrected chi connectivity index (χ1v) is 7.34. The van der Waals surface area contributed by atoms with Gasteiger partial charge in [-0.1, -0.05) is 60.7 Å². The highest BCUT2D eigenvalue weighted by molar-refractivity contribution is 5.85. The number of aliphatic hydroxyl groups is 2. The van der Waals surface area contributed by atoms with Crippen LogP contribution >= 0.6 is 0 Å². The molecule has 4 atom stereocenters. The van der Waals surface area contributed by atoms with Crippen molar-refractivity contribution in [1.82, 2.24) is 4.90 Å². The molecule has 1 aliphatic heterocycles. The lowest BCUT2D eigenvalue weighted by Gasteiger charge is -2.30. The molecule has 0 radical (unpaired) electrons. The second-order valence-corrected chi connectivity index (χ2v) is 5.68. The zero-order valence-electron chi connectivity index (χ0n) is 12.3. The Morgan fingerprint density at radius 3 is 2.14 bits per heavy atom. The predicted molar refractivity (Wildman–Crippen MR) is 83.1 cm³/mol. The Morgan fingerprint density at radius 1 is 1.00 bits per heavy atom. The van der Waals surface area contributed by atoms with Crippen molar-refractivity contribution in [3.63, 3.8) is 0 Å². The van der Waals surface area contributed by atoms with E-state index >= 15 is 0 Å². The second-order valence-electron chi connectivity index (χ2n) is 5.68. The Balaban J connectivity index is 2.01. The van der Waals surface area contributed by atoms with E-state index in [-0.39, 0.29) is 5.91 Å². The molecule has 0 spiro atoms. The number of likely N-dealkylation sites (N-methyl/N-ethyl adjacent to an activating group) is 1. The molecule has 2 aromatic carbocycles. The van der Waals surface area contributed by atoms with Crippen molar-refractivity contribution in [2.45, 2.75) is 24.2 Å². The fourth-order valence-electron chi connectivity index (χ4n) is 3.25. The molecule has 4 heteroatoms. The normalized spacial score (nSPS) is 26.2. The number of carbonyl (C=O) groups excluding carboxylic acids is 1. The minimum Gasteiger partial charge on any atom is -0.386 e. The number of carbonyl (C=O) groups is 1. The van der Waals surface area contributed by atoms with Gasteiger partial charge in [-0.15, -0.1) is 0 Å². The third kappa shape index (κ3) is 2.40.